The molecule has 0 atom stereocenters. The molecule has 24 heavy (non-hydrogen) atoms. The molecule has 0 saturated carbocycles. The Bertz CT molecular complexity index is 870. The van der Waals surface area contributed by atoms with Gasteiger partial charge in [0.25, 0.3) is 5.91 Å². The number of nitrogens with zero attached hydrogens (tertiary/aromatic N) is 3. The van der Waals surface area contributed by atoms with Crippen LogP contribution >= 0.6 is 11.3 Å². The van der Waals surface area contributed by atoms with E-state index >= 15 is 0 Å². The van der Waals surface area contributed by atoms with Crippen LogP contribution in [0.4, 0.5) is 0 Å². The van der Waals surface area contributed by atoms with Crippen LogP contribution in [0.5, 0.6) is 0 Å². The molecule has 6 heteroatoms. The summed E-state index contributed by atoms with van der Waals surface area (Å²) in [5, 5.41) is 4.15. The van der Waals surface area contributed by atoms with Crippen LogP contribution < -0.4 is 0 Å². The van der Waals surface area contributed by atoms with Gasteiger partial charge in [-0.1, -0.05) is 0 Å². The van der Waals surface area contributed by atoms with Gasteiger partial charge in [-0.2, -0.15) is 11.3 Å². The number of rotatable bonds is 2. The van der Waals surface area contributed by atoms with Crippen LogP contribution in [0.15, 0.2) is 39.7 Å². The highest BCUT2D eigenvalue weighted by atomic mass is 32.1. The summed E-state index contributed by atoms with van der Waals surface area (Å²) in [4.78, 5) is 23.4. The van der Waals surface area contributed by atoms with Gasteiger partial charge in [-0.05, 0) is 36.9 Å². The van der Waals surface area contributed by atoms with E-state index in [1.165, 1.54) is 0 Å². The zero-order valence-corrected chi connectivity index (χ0v) is 14.2. The largest absolute Gasteiger partial charge is 0.456 e. The molecule has 1 amide bonds. The summed E-state index contributed by atoms with van der Waals surface area (Å²) < 4.78 is 5.48. The van der Waals surface area contributed by atoms with Crippen LogP contribution in [-0.4, -0.2) is 33.9 Å². The Kier molecular flexibility index (Phi) is 3.90. The van der Waals surface area contributed by atoms with Crippen molar-refractivity contribution in [2.24, 2.45) is 0 Å². The van der Waals surface area contributed by atoms with Crippen LogP contribution in [0.25, 0.3) is 11.3 Å². The molecule has 3 aromatic rings. The van der Waals surface area contributed by atoms with E-state index in [0.29, 0.717) is 18.8 Å². The number of fused-ring (bicyclic) bond motifs is 1. The van der Waals surface area contributed by atoms with Crippen molar-refractivity contribution in [1.82, 2.24) is 14.9 Å². The first kappa shape index (κ1) is 15.1. The van der Waals surface area contributed by atoms with Gasteiger partial charge in [-0.25, -0.2) is 9.97 Å². The number of furan rings is 1. The smallest absolute Gasteiger partial charge is 0.289 e. The minimum atomic E-state index is -0.0547. The summed E-state index contributed by atoms with van der Waals surface area (Å²) in [7, 11) is 0. The number of hydrogen-bond donors (Lipinski definition) is 0. The Morgan fingerprint density at radius 2 is 2.08 bits per heavy atom. The number of hydrogen-bond acceptors (Lipinski definition) is 5. The van der Waals surface area contributed by atoms with Gasteiger partial charge in [0.1, 0.15) is 12.1 Å². The Morgan fingerprint density at radius 3 is 2.83 bits per heavy atom. The lowest BCUT2D eigenvalue weighted by atomic mass is 10.0. The second-order valence-corrected chi connectivity index (χ2v) is 6.64. The zero-order valence-electron chi connectivity index (χ0n) is 13.4. The molecular weight excluding hydrogens is 322 g/mol. The number of carbonyl (C=O) groups is 1. The first-order chi connectivity index (χ1) is 11.7. The third-order valence-electron chi connectivity index (χ3n) is 4.32. The molecule has 122 valence electrons. The third-order valence-corrected chi connectivity index (χ3v) is 5.00. The Morgan fingerprint density at radius 1 is 1.21 bits per heavy atom. The lowest BCUT2D eigenvalue weighted by molar-refractivity contribution is 0.0729. The predicted molar refractivity (Wildman–Crippen MR) is 92.1 cm³/mol. The van der Waals surface area contributed by atoms with Crippen LogP contribution in [0.1, 0.15) is 27.6 Å². The van der Waals surface area contributed by atoms with E-state index in [-0.39, 0.29) is 5.91 Å². The van der Waals surface area contributed by atoms with E-state index < -0.39 is 0 Å². The fourth-order valence-corrected chi connectivity index (χ4v) is 3.72. The maximum Gasteiger partial charge on any atom is 0.289 e. The molecule has 0 saturated heterocycles. The number of thiophene rings is 1. The Labute approximate surface area is 144 Å². The highest BCUT2D eigenvalue weighted by Crippen LogP contribution is 2.27. The maximum atomic E-state index is 12.6. The van der Waals surface area contributed by atoms with Gasteiger partial charge in [0.15, 0.2) is 5.76 Å². The lowest BCUT2D eigenvalue weighted by Crippen LogP contribution is -2.33. The predicted octanol–water partition coefficient (Wildman–Crippen LogP) is 3.35. The second-order valence-electron chi connectivity index (χ2n) is 5.86. The second kappa shape index (κ2) is 6.20. The number of aryl methyl sites for hydroxylation is 1. The van der Waals surface area contributed by atoms with Crippen molar-refractivity contribution in [3.63, 3.8) is 0 Å². The maximum absolute atomic E-state index is 12.6. The number of aromatic nitrogens is 2. The van der Waals surface area contributed by atoms with Crippen molar-refractivity contribution in [2.45, 2.75) is 19.8 Å². The highest BCUT2D eigenvalue weighted by Gasteiger charge is 2.24. The van der Waals surface area contributed by atoms with E-state index in [2.05, 4.69) is 26.8 Å². The fourth-order valence-electron chi connectivity index (χ4n) is 3.08. The molecule has 5 nitrogen and oxygen atoms in total. The van der Waals surface area contributed by atoms with Crippen molar-refractivity contribution < 1.29 is 9.21 Å². The molecule has 0 fully saturated rings. The summed E-state index contributed by atoms with van der Waals surface area (Å²) in [6.45, 7) is 3.14. The van der Waals surface area contributed by atoms with Crippen molar-refractivity contribution in [1.29, 1.82) is 0 Å². The molecular formula is C18H17N3O2S. The molecule has 0 aromatic carbocycles. The van der Waals surface area contributed by atoms with Crippen molar-refractivity contribution in [3.8, 4) is 11.3 Å². The standard InChI is InChI=1S/C18H17N3O2S/c1-12-2-3-16(23-12)18(22)21-7-4-14-15(5-8-21)19-11-20-17(14)13-6-9-24-10-13/h2-3,6,9-11H,4-5,7-8H2,1H3. The molecule has 0 radical (unpaired) electrons. The monoisotopic (exact) mass is 339 g/mol. The first-order valence-corrected chi connectivity index (χ1v) is 8.87. The van der Waals surface area contributed by atoms with Crippen LogP contribution in [-0.2, 0) is 12.8 Å². The average molecular weight is 339 g/mol. The normalized spacial score (nSPS) is 14.3. The van der Waals surface area contributed by atoms with Gasteiger partial charge in [0, 0.05) is 41.7 Å². The highest BCUT2D eigenvalue weighted by molar-refractivity contribution is 7.08. The van der Waals surface area contributed by atoms with Gasteiger partial charge >= 0.3 is 0 Å². The molecule has 3 aromatic heterocycles. The molecule has 0 aliphatic carbocycles. The summed E-state index contributed by atoms with van der Waals surface area (Å²) in [6.07, 6.45) is 3.12. The van der Waals surface area contributed by atoms with Crippen molar-refractivity contribution >= 4 is 17.2 Å². The van der Waals surface area contributed by atoms with E-state index in [9.17, 15) is 4.79 Å². The number of amides is 1. The Balaban J connectivity index is 1.60. The zero-order chi connectivity index (χ0) is 16.5. The molecule has 4 rings (SSSR count). The summed E-state index contributed by atoms with van der Waals surface area (Å²) in [5.74, 6) is 1.10. The molecule has 0 spiro atoms. The van der Waals surface area contributed by atoms with E-state index in [0.717, 1.165) is 41.1 Å². The molecule has 4 heterocycles. The number of carbonyl (C=O) groups excluding carboxylic acids is 1. The van der Waals surface area contributed by atoms with E-state index in [4.69, 9.17) is 4.42 Å². The van der Waals surface area contributed by atoms with Crippen molar-refractivity contribution in [2.75, 3.05) is 13.1 Å². The lowest BCUT2D eigenvalue weighted by Gasteiger charge is -2.18. The average Bonchev–Trinajstić information content (AvgIpc) is 3.22. The van der Waals surface area contributed by atoms with E-state index in [1.54, 1.807) is 23.7 Å². The van der Waals surface area contributed by atoms with Crippen LogP contribution in [0.3, 0.4) is 0 Å². The SMILES string of the molecule is Cc1ccc(C(=O)N2CCc3ncnc(-c4ccsc4)c3CC2)o1. The molecule has 0 N–H and O–H groups in total. The van der Waals surface area contributed by atoms with E-state index in [1.807, 2.05) is 17.9 Å². The summed E-state index contributed by atoms with van der Waals surface area (Å²) in [5.41, 5.74) is 4.31. The summed E-state index contributed by atoms with van der Waals surface area (Å²) in [6, 6.07) is 5.64. The molecule has 1 aliphatic heterocycles. The minimum Gasteiger partial charge on any atom is -0.456 e. The quantitative estimate of drug-likeness (QED) is 0.718. The molecule has 0 unspecified atom stereocenters. The van der Waals surface area contributed by atoms with Gasteiger partial charge in [0.2, 0.25) is 0 Å². The van der Waals surface area contributed by atoms with Crippen LogP contribution in [0.2, 0.25) is 0 Å². The molecule has 1 aliphatic rings. The topological polar surface area (TPSA) is 59.2 Å². The van der Waals surface area contributed by atoms with Gasteiger partial charge in [-0.3, -0.25) is 4.79 Å². The van der Waals surface area contributed by atoms with Gasteiger partial charge in [0.05, 0.1) is 5.69 Å². The van der Waals surface area contributed by atoms with Crippen molar-refractivity contribution in [3.05, 3.63) is 58.1 Å². The summed E-state index contributed by atoms with van der Waals surface area (Å²) >= 11 is 1.66. The van der Waals surface area contributed by atoms with Crippen LogP contribution in [0, 0.1) is 6.92 Å². The van der Waals surface area contributed by atoms with Gasteiger partial charge < -0.3 is 9.32 Å². The molecule has 0 bridgehead atoms. The third kappa shape index (κ3) is 2.73. The fraction of sp³-hybridized carbons (Fsp3) is 0.278. The minimum absolute atomic E-state index is 0.0547. The first-order valence-electron chi connectivity index (χ1n) is 7.93. The van der Waals surface area contributed by atoms with Gasteiger partial charge in [-0.15, -0.1) is 0 Å². The Hall–Kier alpha value is -2.47.